The third-order valence-electron chi connectivity index (χ3n) is 2.26. The minimum atomic E-state index is -0.154. The molecule has 1 heterocycles. The van der Waals surface area contributed by atoms with Crippen LogP contribution in [0.5, 0.6) is 0 Å². The average Bonchev–Trinajstić information content (AvgIpc) is 2.86. The lowest BCUT2D eigenvalue weighted by Gasteiger charge is -1.99. The Morgan fingerprint density at radius 3 is 2.84 bits per heavy atom. The van der Waals surface area contributed by atoms with Crippen molar-refractivity contribution in [1.29, 1.82) is 0 Å². The summed E-state index contributed by atoms with van der Waals surface area (Å²) in [5.41, 5.74) is 3.23. The maximum absolute atomic E-state index is 11.6. The van der Waals surface area contributed by atoms with Crippen molar-refractivity contribution in [2.45, 2.75) is 6.42 Å². The predicted molar refractivity (Wildman–Crippen MR) is 80.2 cm³/mol. The molecule has 3 nitrogen and oxygen atoms in total. The molecule has 0 bridgehead atoms. The Kier molecular flexibility index (Phi) is 4.96. The number of carbonyl (C=O) groups is 1. The number of amides is 1. The first-order chi connectivity index (χ1) is 9.15. The Morgan fingerprint density at radius 2 is 2.16 bits per heavy atom. The Morgan fingerprint density at radius 1 is 1.32 bits per heavy atom. The lowest BCUT2D eigenvalue weighted by molar-refractivity contribution is -0.120. The second-order valence-corrected chi connectivity index (χ2v) is 5.57. The van der Waals surface area contributed by atoms with E-state index in [0.29, 0.717) is 16.5 Å². The van der Waals surface area contributed by atoms with Crippen LogP contribution in [0.1, 0.15) is 10.4 Å². The van der Waals surface area contributed by atoms with Gasteiger partial charge in [0.2, 0.25) is 5.91 Å². The summed E-state index contributed by atoms with van der Waals surface area (Å²) in [5, 5.41) is 6.74. The fourth-order valence-electron chi connectivity index (χ4n) is 1.38. The predicted octanol–water partition coefficient (Wildman–Crippen LogP) is 3.75. The molecule has 0 spiro atoms. The van der Waals surface area contributed by atoms with Gasteiger partial charge in [-0.1, -0.05) is 35.3 Å². The van der Waals surface area contributed by atoms with E-state index in [1.54, 1.807) is 18.2 Å². The van der Waals surface area contributed by atoms with Crippen LogP contribution in [-0.2, 0) is 11.2 Å². The van der Waals surface area contributed by atoms with Crippen molar-refractivity contribution < 1.29 is 4.79 Å². The number of hydrogen-bond acceptors (Lipinski definition) is 3. The first-order valence-corrected chi connectivity index (χ1v) is 7.08. The highest BCUT2D eigenvalue weighted by molar-refractivity contribution is 7.10. The zero-order chi connectivity index (χ0) is 13.7. The summed E-state index contributed by atoms with van der Waals surface area (Å²) < 4.78 is 0. The van der Waals surface area contributed by atoms with Crippen LogP contribution in [-0.4, -0.2) is 12.1 Å². The van der Waals surface area contributed by atoms with Gasteiger partial charge in [-0.3, -0.25) is 4.79 Å². The zero-order valence-corrected chi connectivity index (χ0v) is 12.1. The van der Waals surface area contributed by atoms with Crippen molar-refractivity contribution in [1.82, 2.24) is 5.43 Å². The third-order valence-corrected chi connectivity index (χ3v) is 3.88. The van der Waals surface area contributed by atoms with Crippen LogP contribution < -0.4 is 5.43 Å². The standard InChI is InChI=1S/C13H10Cl2N2OS/c14-11-4-3-9(6-12(11)15)8-16-17-13(18)7-10-2-1-5-19-10/h1-6,8H,7H2,(H,17,18)/b16-8+. The smallest absolute Gasteiger partial charge is 0.245 e. The average molecular weight is 313 g/mol. The first-order valence-electron chi connectivity index (χ1n) is 5.44. The van der Waals surface area contributed by atoms with E-state index in [1.807, 2.05) is 17.5 Å². The lowest BCUT2D eigenvalue weighted by Crippen LogP contribution is -2.19. The van der Waals surface area contributed by atoms with E-state index in [0.717, 1.165) is 10.4 Å². The summed E-state index contributed by atoms with van der Waals surface area (Å²) >= 11 is 13.2. The summed E-state index contributed by atoms with van der Waals surface area (Å²) in [6, 6.07) is 8.94. The van der Waals surface area contributed by atoms with Crippen molar-refractivity contribution in [3.63, 3.8) is 0 Å². The fourth-order valence-corrected chi connectivity index (χ4v) is 2.39. The molecule has 0 aliphatic heterocycles. The molecule has 0 saturated heterocycles. The highest BCUT2D eigenvalue weighted by Crippen LogP contribution is 2.21. The maximum Gasteiger partial charge on any atom is 0.245 e. The van der Waals surface area contributed by atoms with Gasteiger partial charge in [-0.05, 0) is 29.1 Å². The van der Waals surface area contributed by atoms with Crippen LogP contribution in [0.25, 0.3) is 0 Å². The summed E-state index contributed by atoms with van der Waals surface area (Å²) in [4.78, 5) is 12.6. The molecule has 0 atom stereocenters. The van der Waals surface area contributed by atoms with Gasteiger partial charge < -0.3 is 0 Å². The SMILES string of the molecule is O=C(Cc1cccs1)N/N=C/c1ccc(Cl)c(Cl)c1. The Hall–Kier alpha value is -1.36. The van der Waals surface area contributed by atoms with E-state index in [2.05, 4.69) is 10.5 Å². The number of nitrogens with one attached hydrogen (secondary N) is 1. The zero-order valence-electron chi connectivity index (χ0n) is 9.77. The lowest BCUT2D eigenvalue weighted by atomic mass is 10.2. The van der Waals surface area contributed by atoms with Gasteiger partial charge in [0.05, 0.1) is 22.7 Å². The second kappa shape index (κ2) is 6.70. The molecule has 98 valence electrons. The minimum absolute atomic E-state index is 0.154. The van der Waals surface area contributed by atoms with Gasteiger partial charge in [-0.25, -0.2) is 5.43 Å². The van der Waals surface area contributed by atoms with E-state index >= 15 is 0 Å². The number of carbonyl (C=O) groups excluding carboxylic acids is 1. The van der Waals surface area contributed by atoms with Crippen molar-refractivity contribution in [3.8, 4) is 0 Å². The molecule has 1 N–H and O–H groups in total. The number of hydrazone groups is 1. The second-order valence-electron chi connectivity index (χ2n) is 3.72. The molecule has 0 aliphatic rings. The minimum Gasteiger partial charge on any atom is -0.273 e. The van der Waals surface area contributed by atoms with Crippen molar-refractivity contribution in [2.75, 3.05) is 0 Å². The largest absolute Gasteiger partial charge is 0.273 e. The van der Waals surface area contributed by atoms with E-state index in [9.17, 15) is 4.79 Å². The van der Waals surface area contributed by atoms with E-state index < -0.39 is 0 Å². The monoisotopic (exact) mass is 312 g/mol. The number of nitrogens with zero attached hydrogens (tertiary/aromatic N) is 1. The van der Waals surface area contributed by atoms with Crippen LogP contribution >= 0.6 is 34.5 Å². The highest BCUT2D eigenvalue weighted by atomic mass is 35.5. The molecule has 0 fully saturated rings. The molecule has 1 aromatic heterocycles. The van der Waals surface area contributed by atoms with Gasteiger partial charge >= 0.3 is 0 Å². The van der Waals surface area contributed by atoms with Crippen LogP contribution in [0.2, 0.25) is 10.0 Å². The molecule has 0 unspecified atom stereocenters. The van der Waals surface area contributed by atoms with Crippen LogP contribution in [0.15, 0.2) is 40.8 Å². The Bertz CT molecular complexity index is 597. The number of hydrogen-bond donors (Lipinski definition) is 1. The number of benzene rings is 1. The first kappa shape index (κ1) is 14.1. The fraction of sp³-hybridized carbons (Fsp3) is 0.0769. The molecule has 19 heavy (non-hydrogen) atoms. The normalized spacial score (nSPS) is 10.8. The molecule has 1 aromatic carbocycles. The summed E-state index contributed by atoms with van der Waals surface area (Å²) in [7, 11) is 0. The van der Waals surface area contributed by atoms with E-state index in [1.165, 1.54) is 17.6 Å². The Balaban J connectivity index is 1.89. The maximum atomic E-state index is 11.6. The molecular weight excluding hydrogens is 303 g/mol. The van der Waals surface area contributed by atoms with Crippen LogP contribution in [0.4, 0.5) is 0 Å². The van der Waals surface area contributed by atoms with Crippen molar-refractivity contribution in [2.24, 2.45) is 5.10 Å². The summed E-state index contributed by atoms with van der Waals surface area (Å²) in [6.45, 7) is 0. The molecule has 0 radical (unpaired) electrons. The molecule has 6 heteroatoms. The summed E-state index contributed by atoms with van der Waals surface area (Å²) in [6.07, 6.45) is 1.85. The molecule has 1 amide bonds. The van der Waals surface area contributed by atoms with E-state index in [-0.39, 0.29) is 5.91 Å². The molecule has 2 aromatic rings. The summed E-state index contributed by atoms with van der Waals surface area (Å²) in [5.74, 6) is -0.154. The van der Waals surface area contributed by atoms with Gasteiger partial charge in [0, 0.05) is 4.88 Å². The molecular formula is C13H10Cl2N2OS. The number of rotatable bonds is 4. The van der Waals surface area contributed by atoms with E-state index in [4.69, 9.17) is 23.2 Å². The highest BCUT2D eigenvalue weighted by Gasteiger charge is 2.02. The molecule has 0 aliphatic carbocycles. The van der Waals surface area contributed by atoms with Gasteiger partial charge in [0.1, 0.15) is 0 Å². The molecule has 0 saturated carbocycles. The molecule has 2 rings (SSSR count). The number of halogens is 2. The van der Waals surface area contributed by atoms with Crippen LogP contribution in [0.3, 0.4) is 0 Å². The van der Waals surface area contributed by atoms with Gasteiger partial charge in [-0.15, -0.1) is 11.3 Å². The van der Waals surface area contributed by atoms with Crippen molar-refractivity contribution >= 4 is 46.7 Å². The van der Waals surface area contributed by atoms with Gasteiger partial charge in [0.15, 0.2) is 0 Å². The van der Waals surface area contributed by atoms with Crippen molar-refractivity contribution in [3.05, 3.63) is 56.2 Å². The topological polar surface area (TPSA) is 41.5 Å². The van der Waals surface area contributed by atoms with Gasteiger partial charge in [-0.2, -0.15) is 5.10 Å². The number of thiophene rings is 1. The van der Waals surface area contributed by atoms with Crippen LogP contribution in [0, 0.1) is 0 Å². The third kappa shape index (κ3) is 4.35. The quantitative estimate of drug-likeness (QED) is 0.678. The Labute approximate surface area is 124 Å². The van der Waals surface area contributed by atoms with Gasteiger partial charge in [0.25, 0.3) is 0 Å².